The molecule has 2 nitrogen and oxygen atoms in total. The standard InChI is InChI=1S/C16H24N2/c1-2-3-13-4-6-15(7-5-13)17-16-9-11-18-10-8-14(16)12-18/h4-7,14,16-17H,2-3,8-12H2,1H3. The first kappa shape index (κ1) is 12.0. The van der Waals surface area contributed by atoms with Crippen LogP contribution >= 0.6 is 0 Å². The summed E-state index contributed by atoms with van der Waals surface area (Å²) in [6.07, 6.45) is 5.11. The molecule has 1 N–H and O–H groups in total. The molecule has 2 heteroatoms. The van der Waals surface area contributed by atoms with Gasteiger partial charge in [0.15, 0.2) is 0 Å². The Hall–Kier alpha value is -1.02. The van der Waals surface area contributed by atoms with Crippen LogP contribution in [0.4, 0.5) is 5.69 Å². The van der Waals surface area contributed by atoms with Crippen molar-refractivity contribution in [2.45, 2.75) is 38.6 Å². The number of hydrogen-bond acceptors (Lipinski definition) is 2. The molecule has 2 saturated heterocycles. The Kier molecular flexibility index (Phi) is 3.55. The van der Waals surface area contributed by atoms with Gasteiger partial charge in [0.25, 0.3) is 0 Å². The zero-order chi connectivity index (χ0) is 12.4. The Balaban J connectivity index is 1.61. The first-order chi connectivity index (χ1) is 8.85. The highest BCUT2D eigenvalue weighted by Gasteiger charge is 2.33. The molecule has 1 aromatic carbocycles. The van der Waals surface area contributed by atoms with Gasteiger partial charge >= 0.3 is 0 Å². The summed E-state index contributed by atoms with van der Waals surface area (Å²) in [6.45, 7) is 6.14. The van der Waals surface area contributed by atoms with Gasteiger partial charge in [-0.05, 0) is 49.4 Å². The van der Waals surface area contributed by atoms with Crippen LogP contribution in [0.2, 0.25) is 0 Å². The van der Waals surface area contributed by atoms with Crippen LogP contribution in [0.25, 0.3) is 0 Å². The molecule has 2 bridgehead atoms. The summed E-state index contributed by atoms with van der Waals surface area (Å²) in [5.41, 5.74) is 2.76. The van der Waals surface area contributed by atoms with Gasteiger partial charge in [0.1, 0.15) is 0 Å². The first-order valence-corrected chi connectivity index (χ1v) is 7.43. The smallest absolute Gasteiger partial charge is 0.0342 e. The van der Waals surface area contributed by atoms with Gasteiger partial charge in [-0.25, -0.2) is 0 Å². The molecular weight excluding hydrogens is 220 g/mol. The monoisotopic (exact) mass is 244 g/mol. The molecule has 2 aliphatic rings. The van der Waals surface area contributed by atoms with E-state index in [0.29, 0.717) is 6.04 Å². The molecule has 0 amide bonds. The Labute approximate surface area is 110 Å². The maximum absolute atomic E-state index is 3.75. The van der Waals surface area contributed by atoms with Crippen molar-refractivity contribution < 1.29 is 0 Å². The molecule has 0 aromatic heterocycles. The van der Waals surface area contributed by atoms with Gasteiger partial charge in [0, 0.05) is 24.8 Å². The Bertz CT molecular complexity index is 385. The molecule has 2 aliphatic heterocycles. The van der Waals surface area contributed by atoms with Crippen molar-refractivity contribution in [2.24, 2.45) is 5.92 Å². The number of nitrogens with one attached hydrogen (secondary N) is 1. The predicted octanol–water partition coefficient (Wildman–Crippen LogP) is 3.15. The number of piperidine rings is 1. The minimum Gasteiger partial charge on any atom is -0.382 e. The lowest BCUT2D eigenvalue weighted by molar-refractivity contribution is 0.255. The molecule has 1 aromatic rings. The zero-order valence-corrected chi connectivity index (χ0v) is 11.4. The molecule has 0 radical (unpaired) electrons. The van der Waals surface area contributed by atoms with Crippen LogP contribution in [0.5, 0.6) is 0 Å². The van der Waals surface area contributed by atoms with Crippen molar-refractivity contribution >= 4 is 5.69 Å². The van der Waals surface area contributed by atoms with E-state index in [4.69, 9.17) is 0 Å². The average molecular weight is 244 g/mol. The molecule has 18 heavy (non-hydrogen) atoms. The minimum absolute atomic E-state index is 0.695. The molecule has 2 heterocycles. The zero-order valence-electron chi connectivity index (χ0n) is 11.4. The van der Waals surface area contributed by atoms with E-state index < -0.39 is 0 Å². The van der Waals surface area contributed by atoms with Gasteiger partial charge in [0.05, 0.1) is 0 Å². The SMILES string of the molecule is CCCc1ccc(NC2CCN3CCC2C3)cc1. The lowest BCUT2D eigenvalue weighted by Crippen LogP contribution is -2.39. The summed E-state index contributed by atoms with van der Waals surface area (Å²) in [5.74, 6) is 0.870. The van der Waals surface area contributed by atoms with E-state index in [2.05, 4.69) is 41.4 Å². The number of fused-ring (bicyclic) bond motifs is 2. The van der Waals surface area contributed by atoms with Gasteiger partial charge < -0.3 is 10.2 Å². The third-order valence-corrected chi connectivity index (χ3v) is 4.48. The van der Waals surface area contributed by atoms with Crippen molar-refractivity contribution in [3.05, 3.63) is 29.8 Å². The van der Waals surface area contributed by atoms with Crippen molar-refractivity contribution in [1.29, 1.82) is 0 Å². The van der Waals surface area contributed by atoms with E-state index in [1.807, 2.05) is 0 Å². The lowest BCUT2D eigenvalue weighted by atomic mass is 9.94. The maximum atomic E-state index is 3.75. The van der Waals surface area contributed by atoms with Crippen LogP contribution in [0.1, 0.15) is 31.7 Å². The Morgan fingerprint density at radius 2 is 1.94 bits per heavy atom. The second kappa shape index (κ2) is 5.31. The average Bonchev–Trinajstić information content (AvgIpc) is 2.78. The number of anilines is 1. The summed E-state index contributed by atoms with van der Waals surface area (Å²) >= 11 is 0. The minimum atomic E-state index is 0.695. The van der Waals surface area contributed by atoms with Gasteiger partial charge in [0.2, 0.25) is 0 Å². The van der Waals surface area contributed by atoms with Gasteiger partial charge in [-0.1, -0.05) is 25.5 Å². The number of benzene rings is 1. The third kappa shape index (κ3) is 2.54. The Morgan fingerprint density at radius 1 is 1.17 bits per heavy atom. The molecule has 98 valence electrons. The van der Waals surface area contributed by atoms with Crippen LogP contribution in [-0.4, -0.2) is 30.6 Å². The van der Waals surface area contributed by atoms with Gasteiger partial charge in [-0.3, -0.25) is 0 Å². The fourth-order valence-electron chi connectivity index (χ4n) is 3.41. The van der Waals surface area contributed by atoms with Gasteiger partial charge in [-0.15, -0.1) is 0 Å². The van der Waals surface area contributed by atoms with Crippen molar-refractivity contribution in [3.63, 3.8) is 0 Å². The van der Waals surface area contributed by atoms with Crippen LogP contribution in [0, 0.1) is 5.92 Å². The van der Waals surface area contributed by atoms with E-state index in [-0.39, 0.29) is 0 Å². The quantitative estimate of drug-likeness (QED) is 0.875. The summed E-state index contributed by atoms with van der Waals surface area (Å²) in [4.78, 5) is 2.60. The summed E-state index contributed by atoms with van der Waals surface area (Å²) in [6, 6.07) is 9.75. The lowest BCUT2D eigenvalue weighted by Gasteiger charge is -2.31. The number of nitrogens with zero attached hydrogens (tertiary/aromatic N) is 1. The van der Waals surface area contributed by atoms with Crippen molar-refractivity contribution in [3.8, 4) is 0 Å². The normalized spacial score (nSPS) is 30.4. The second-order valence-corrected chi connectivity index (χ2v) is 5.84. The Morgan fingerprint density at radius 3 is 2.72 bits per heavy atom. The highest BCUT2D eigenvalue weighted by atomic mass is 15.2. The second-order valence-electron chi connectivity index (χ2n) is 5.84. The first-order valence-electron chi connectivity index (χ1n) is 7.43. The third-order valence-electron chi connectivity index (χ3n) is 4.48. The van der Waals surface area contributed by atoms with Gasteiger partial charge in [-0.2, -0.15) is 0 Å². The molecule has 3 unspecified atom stereocenters. The van der Waals surface area contributed by atoms with Crippen molar-refractivity contribution in [2.75, 3.05) is 25.0 Å². The summed E-state index contributed by atoms with van der Waals surface area (Å²) < 4.78 is 0. The molecule has 3 rings (SSSR count). The highest BCUT2D eigenvalue weighted by molar-refractivity contribution is 5.45. The largest absolute Gasteiger partial charge is 0.382 e. The molecular formula is C16H24N2. The predicted molar refractivity (Wildman–Crippen MR) is 77.0 cm³/mol. The van der Waals surface area contributed by atoms with E-state index in [0.717, 1.165) is 5.92 Å². The summed E-state index contributed by atoms with van der Waals surface area (Å²) in [5, 5.41) is 3.75. The van der Waals surface area contributed by atoms with Crippen LogP contribution < -0.4 is 5.32 Å². The molecule has 2 fully saturated rings. The number of rotatable bonds is 4. The molecule has 0 saturated carbocycles. The van der Waals surface area contributed by atoms with E-state index in [1.165, 1.54) is 56.6 Å². The number of hydrogen-bond donors (Lipinski definition) is 1. The molecule has 0 aliphatic carbocycles. The van der Waals surface area contributed by atoms with E-state index >= 15 is 0 Å². The molecule has 3 atom stereocenters. The van der Waals surface area contributed by atoms with E-state index in [9.17, 15) is 0 Å². The fourth-order valence-corrected chi connectivity index (χ4v) is 3.41. The van der Waals surface area contributed by atoms with Crippen LogP contribution in [-0.2, 0) is 6.42 Å². The van der Waals surface area contributed by atoms with Crippen molar-refractivity contribution in [1.82, 2.24) is 4.90 Å². The van der Waals surface area contributed by atoms with E-state index in [1.54, 1.807) is 0 Å². The number of aryl methyl sites for hydroxylation is 1. The van der Waals surface area contributed by atoms with Crippen LogP contribution in [0.15, 0.2) is 24.3 Å². The summed E-state index contributed by atoms with van der Waals surface area (Å²) in [7, 11) is 0. The highest BCUT2D eigenvalue weighted by Crippen LogP contribution is 2.29. The fraction of sp³-hybridized carbons (Fsp3) is 0.625. The molecule has 0 spiro atoms. The topological polar surface area (TPSA) is 15.3 Å². The maximum Gasteiger partial charge on any atom is 0.0342 e. The van der Waals surface area contributed by atoms with Crippen LogP contribution in [0.3, 0.4) is 0 Å².